The second-order valence-corrected chi connectivity index (χ2v) is 6.42. The van der Waals surface area contributed by atoms with Crippen LogP contribution in [0.5, 0.6) is 0 Å². The van der Waals surface area contributed by atoms with Gasteiger partial charge in [-0.1, -0.05) is 0 Å². The number of epoxide rings is 3. The van der Waals surface area contributed by atoms with Crippen molar-refractivity contribution < 1.29 is 42.8 Å². The Kier molecular flexibility index (Phi) is 5.06. The largest absolute Gasteiger partial charge is 0.459 e. The van der Waals surface area contributed by atoms with Crippen LogP contribution in [0, 0.1) is 0 Å². The van der Waals surface area contributed by atoms with Gasteiger partial charge in [0, 0.05) is 0 Å². The first-order valence-corrected chi connectivity index (χ1v) is 8.60. The smallest absolute Gasteiger partial charge is 0.339 e. The van der Waals surface area contributed by atoms with Crippen LogP contribution in [-0.4, -0.2) is 75.9 Å². The lowest BCUT2D eigenvalue weighted by Crippen LogP contribution is -2.19. The monoisotopic (exact) mass is 378 g/mol. The van der Waals surface area contributed by atoms with Crippen LogP contribution < -0.4 is 0 Å². The fraction of sp³-hybridized carbons (Fsp3) is 0.500. The fourth-order valence-corrected chi connectivity index (χ4v) is 2.26. The molecule has 0 N–H and O–H groups in total. The number of rotatable bonds is 9. The molecule has 0 amide bonds. The molecule has 3 heterocycles. The topological polar surface area (TPSA) is 116 Å². The Balaban J connectivity index is 1.48. The Morgan fingerprint density at radius 1 is 0.741 bits per heavy atom. The third kappa shape index (κ3) is 5.03. The van der Waals surface area contributed by atoms with Crippen molar-refractivity contribution >= 4 is 17.9 Å². The number of ether oxygens (including phenoxy) is 6. The van der Waals surface area contributed by atoms with E-state index in [4.69, 9.17) is 28.4 Å². The average Bonchev–Trinajstić information content (AvgIpc) is 3.54. The molecule has 0 aromatic heterocycles. The molecular formula is C18H18O9. The standard InChI is InChI=1S/C18H18O9/c19-16(25-7-11-4-22-11)10-1-2-14(17(20)26-8-12-5-23-12)15(3-10)18(21)27-9-13-6-24-13/h1-3,11-13H,4-9H2/t11-,12+,13-/m0/s1. The zero-order valence-corrected chi connectivity index (χ0v) is 14.4. The number of benzene rings is 1. The third-order valence-corrected chi connectivity index (χ3v) is 4.10. The molecule has 3 aliphatic rings. The molecule has 0 saturated carbocycles. The fourth-order valence-electron chi connectivity index (χ4n) is 2.26. The summed E-state index contributed by atoms with van der Waals surface area (Å²) in [4.78, 5) is 36.9. The molecule has 3 atom stereocenters. The minimum Gasteiger partial charge on any atom is -0.459 e. The molecule has 3 saturated heterocycles. The highest BCUT2D eigenvalue weighted by atomic mass is 16.6. The highest BCUT2D eigenvalue weighted by Crippen LogP contribution is 2.19. The van der Waals surface area contributed by atoms with E-state index in [2.05, 4.69) is 0 Å². The Labute approximate surface area is 154 Å². The normalized spacial score (nSPS) is 24.7. The van der Waals surface area contributed by atoms with Crippen molar-refractivity contribution in [3.63, 3.8) is 0 Å². The molecule has 0 bridgehead atoms. The van der Waals surface area contributed by atoms with Crippen LogP contribution in [-0.2, 0) is 28.4 Å². The van der Waals surface area contributed by atoms with Crippen LogP contribution in [0.4, 0.5) is 0 Å². The first-order chi connectivity index (χ1) is 13.1. The van der Waals surface area contributed by atoms with Crippen LogP contribution in [0.2, 0.25) is 0 Å². The van der Waals surface area contributed by atoms with E-state index in [1.807, 2.05) is 0 Å². The summed E-state index contributed by atoms with van der Waals surface area (Å²) in [7, 11) is 0. The zero-order valence-electron chi connectivity index (χ0n) is 14.4. The molecule has 3 fully saturated rings. The molecule has 3 aliphatic heterocycles. The molecule has 0 aliphatic carbocycles. The van der Waals surface area contributed by atoms with Gasteiger partial charge in [0.25, 0.3) is 0 Å². The first kappa shape index (κ1) is 17.9. The van der Waals surface area contributed by atoms with Crippen LogP contribution in [0.1, 0.15) is 31.1 Å². The van der Waals surface area contributed by atoms with Gasteiger partial charge in [0.1, 0.15) is 38.1 Å². The lowest BCUT2D eigenvalue weighted by molar-refractivity contribution is 0.0428. The summed E-state index contributed by atoms with van der Waals surface area (Å²) in [6.07, 6.45) is -0.297. The van der Waals surface area contributed by atoms with Crippen molar-refractivity contribution in [1.29, 1.82) is 0 Å². The quantitative estimate of drug-likeness (QED) is 0.341. The van der Waals surface area contributed by atoms with Crippen molar-refractivity contribution in [3.8, 4) is 0 Å². The Morgan fingerprint density at radius 3 is 1.67 bits per heavy atom. The molecule has 4 rings (SSSR count). The number of carbonyl (C=O) groups is 3. The second-order valence-electron chi connectivity index (χ2n) is 6.42. The van der Waals surface area contributed by atoms with Crippen LogP contribution in [0.3, 0.4) is 0 Å². The summed E-state index contributed by atoms with van der Waals surface area (Å²) in [6, 6.07) is 4.03. The van der Waals surface area contributed by atoms with Gasteiger partial charge in [0.05, 0.1) is 36.5 Å². The molecule has 0 spiro atoms. The molecule has 0 radical (unpaired) electrons. The molecule has 9 heteroatoms. The highest BCUT2D eigenvalue weighted by molar-refractivity contribution is 6.05. The molecule has 27 heavy (non-hydrogen) atoms. The molecule has 1 aromatic rings. The second kappa shape index (κ2) is 7.63. The first-order valence-electron chi connectivity index (χ1n) is 8.60. The molecule has 1 aromatic carbocycles. The zero-order chi connectivity index (χ0) is 18.8. The van der Waals surface area contributed by atoms with E-state index in [1.165, 1.54) is 18.2 Å². The third-order valence-electron chi connectivity index (χ3n) is 4.10. The lowest BCUT2D eigenvalue weighted by Gasteiger charge is -2.11. The summed E-state index contributed by atoms with van der Waals surface area (Å²) in [6.45, 7) is 1.95. The van der Waals surface area contributed by atoms with Crippen LogP contribution >= 0.6 is 0 Å². The Morgan fingerprint density at radius 2 is 1.19 bits per heavy atom. The van der Waals surface area contributed by atoms with E-state index < -0.39 is 17.9 Å². The van der Waals surface area contributed by atoms with Gasteiger partial charge in [-0.3, -0.25) is 0 Å². The van der Waals surface area contributed by atoms with E-state index in [0.29, 0.717) is 19.8 Å². The van der Waals surface area contributed by atoms with Gasteiger partial charge in [-0.05, 0) is 18.2 Å². The predicted octanol–water partition coefficient (Wildman–Crippen LogP) is 0.353. The molecule has 144 valence electrons. The Hall–Kier alpha value is -2.49. The van der Waals surface area contributed by atoms with Gasteiger partial charge in [-0.2, -0.15) is 0 Å². The summed E-state index contributed by atoms with van der Waals surface area (Å²) in [5.41, 5.74) is 0.0845. The number of esters is 3. The van der Waals surface area contributed by atoms with Crippen molar-refractivity contribution in [2.24, 2.45) is 0 Å². The van der Waals surface area contributed by atoms with Gasteiger partial charge in [0.15, 0.2) is 0 Å². The minimum absolute atomic E-state index is 0.0134. The van der Waals surface area contributed by atoms with E-state index >= 15 is 0 Å². The van der Waals surface area contributed by atoms with Gasteiger partial charge in [-0.25, -0.2) is 14.4 Å². The van der Waals surface area contributed by atoms with Crippen molar-refractivity contribution in [3.05, 3.63) is 34.9 Å². The van der Waals surface area contributed by atoms with E-state index in [1.54, 1.807) is 0 Å². The maximum atomic E-state index is 12.4. The van der Waals surface area contributed by atoms with Gasteiger partial charge in [0.2, 0.25) is 0 Å². The average molecular weight is 378 g/mol. The maximum Gasteiger partial charge on any atom is 0.339 e. The van der Waals surface area contributed by atoms with Crippen molar-refractivity contribution in [1.82, 2.24) is 0 Å². The van der Waals surface area contributed by atoms with E-state index in [9.17, 15) is 14.4 Å². The highest BCUT2D eigenvalue weighted by Gasteiger charge is 2.29. The van der Waals surface area contributed by atoms with E-state index in [0.717, 1.165) is 0 Å². The summed E-state index contributed by atoms with van der Waals surface area (Å²) in [5, 5.41) is 0. The van der Waals surface area contributed by atoms with Gasteiger partial charge >= 0.3 is 17.9 Å². The number of carbonyl (C=O) groups excluding carboxylic acids is 3. The number of hydrogen-bond donors (Lipinski definition) is 0. The molecular weight excluding hydrogens is 360 g/mol. The SMILES string of the molecule is O=C(OC[C@@H]1CO1)c1ccc(C(=O)OC[C@H]2CO2)c(C(=O)OC[C@@H]2CO2)c1. The van der Waals surface area contributed by atoms with Crippen LogP contribution in [0.15, 0.2) is 18.2 Å². The van der Waals surface area contributed by atoms with Crippen molar-refractivity contribution in [2.45, 2.75) is 18.3 Å². The summed E-state index contributed by atoms with van der Waals surface area (Å²) >= 11 is 0. The van der Waals surface area contributed by atoms with E-state index in [-0.39, 0.29) is 54.8 Å². The molecule has 9 nitrogen and oxygen atoms in total. The summed E-state index contributed by atoms with van der Waals surface area (Å²) in [5.74, 6) is -2.04. The Bertz CT molecular complexity index is 747. The predicted molar refractivity (Wildman–Crippen MR) is 86.5 cm³/mol. The lowest BCUT2D eigenvalue weighted by atomic mass is 10.0. The maximum absolute atomic E-state index is 12.4. The van der Waals surface area contributed by atoms with Crippen LogP contribution in [0.25, 0.3) is 0 Å². The summed E-state index contributed by atoms with van der Waals surface area (Å²) < 4.78 is 30.4. The van der Waals surface area contributed by atoms with Gasteiger partial charge < -0.3 is 28.4 Å². The number of hydrogen-bond acceptors (Lipinski definition) is 9. The molecule has 0 unspecified atom stereocenters. The van der Waals surface area contributed by atoms with Gasteiger partial charge in [-0.15, -0.1) is 0 Å². The van der Waals surface area contributed by atoms with Crippen molar-refractivity contribution in [2.75, 3.05) is 39.6 Å². The minimum atomic E-state index is -0.736.